The van der Waals surface area contributed by atoms with Gasteiger partial charge in [-0.05, 0) is 39.8 Å². The first kappa shape index (κ1) is 18.4. The minimum Gasteiger partial charge on any atom is -0.464 e. The van der Waals surface area contributed by atoms with E-state index in [2.05, 4.69) is 4.74 Å². The Labute approximate surface area is 135 Å². The SMILES string of the molecule is C/C=C(/C(=O)OC)N(C(=O)OC(C)(C)C)C(=O)c1ccccc1. The number of esters is 1. The van der Waals surface area contributed by atoms with E-state index in [0.717, 1.165) is 0 Å². The number of carbonyl (C=O) groups is 3. The highest BCUT2D eigenvalue weighted by atomic mass is 16.6. The Balaban J connectivity index is 3.29. The number of nitrogens with zero attached hydrogens (tertiary/aromatic N) is 1. The lowest BCUT2D eigenvalue weighted by Crippen LogP contribution is -2.42. The summed E-state index contributed by atoms with van der Waals surface area (Å²) in [6, 6.07) is 8.15. The summed E-state index contributed by atoms with van der Waals surface area (Å²) in [5.41, 5.74) is -0.765. The molecule has 1 aromatic carbocycles. The van der Waals surface area contributed by atoms with Gasteiger partial charge in [0.15, 0.2) is 0 Å². The quantitative estimate of drug-likeness (QED) is 0.632. The summed E-state index contributed by atoms with van der Waals surface area (Å²) in [6.45, 7) is 6.54. The lowest BCUT2D eigenvalue weighted by atomic mass is 10.2. The summed E-state index contributed by atoms with van der Waals surface area (Å²) in [5, 5.41) is 0. The van der Waals surface area contributed by atoms with Crippen molar-refractivity contribution in [3.63, 3.8) is 0 Å². The molecule has 0 bridgehead atoms. The molecular weight excluding hydrogens is 298 g/mol. The smallest absolute Gasteiger partial charge is 0.422 e. The standard InChI is InChI=1S/C17H21NO5/c1-6-13(15(20)22-5)18(16(21)23-17(2,3)4)14(19)12-10-8-7-9-11-12/h6-11H,1-5H3/b13-6-. The van der Waals surface area contributed by atoms with Gasteiger partial charge in [-0.3, -0.25) is 4.79 Å². The molecule has 0 spiro atoms. The van der Waals surface area contributed by atoms with E-state index in [1.165, 1.54) is 20.1 Å². The van der Waals surface area contributed by atoms with Gasteiger partial charge in [0.1, 0.15) is 11.3 Å². The summed E-state index contributed by atoms with van der Waals surface area (Å²) in [7, 11) is 1.17. The second-order valence-electron chi connectivity index (χ2n) is 5.65. The molecule has 0 aliphatic heterocycles. The van der Waals surface area contributed by atoms with Crippen LogP contribution in [0, 0.1) is 0 Å². The van der Waals surface area contributed by atoms with Crippen LogP contribution < -0.4 is 0 Å². The van der Waals surface area contributed by atoms with Gasteiger partial charge < -0.3 is 9.47 Å². The van der Waals surface area contributed by atoms with Crippen molar-refractivity contribution in [2.24, 2.45) is 0 Å². The van der Waals surface area contributed by atoms with E-state index in [0.29, 0.717) is 4.90 Å². The highest BCUT2D eigenvalue weighted by Gasteiger charge is 2.34. The van der Waals surface area contributed by atoms with Gasteiger partial charge in [-0.15, -0.1) is 0 Å². The Morgan fingerprint density at radius 2 is 1.65 bits per heavy atom. The number of imide groups is 1. The number of hydrogen-bond acceptors (Lipinski definition) is 5. The van der Waals surface area contributed by atoms with Crippen LogP contribution in [0.5, 0.6) is 0 Å². The van der Waals surface area contributed by atoms with E-state index >= 15 is 0 Å². The number of methoxy groups -OCH3 is 1. The number of carbonyl (C=O) groups excluding carboxylic acids is 3. The average molecular weight is 319 g/mol. The Bertz CT molecular complexity index is 614. The molecule has 6 heteroatoms. The Morgan fingerprint density at radius 1 is 1.09 bits per heavy atom. The molecule has 1 aromatic rings. The number of ether oxygens (including phenoxy) is 2. The number of rotatable bonds is 3. The van der Waals surface area contributed by atoms with Crippen molar-refractivity contribution in [2.45, 2.75) is 33.3 Å². The number of allylic oxidation sites excluding steroid dienone is 1. The van der Waals surface area contributed by atoms with Gasteiger partial charge in [0, 0.05) is 5.56 Å². The van der Waals surface area contributed by atoms with Gasteiger partial charge in [-0.2, -0.15) is 0 Å². The second-order valence-corrected chi connectivity index (χ2v) is 5.65. The molecule has 0 unspecified atom stereocenters. The predicted molar refractivity (Wildman–Crippen MR) is 84.6 cm³/mol. The van der Waals surface area contributed by atoms with Crippen LogP contribution in [0.2, 0.25) is 0 Å². The molecule has 0 fully saturated rings. The molecule has 0 saturated carbocycles. The van der Waals surface area contributed by atoms with E-state index in [1.807, 2.05) is 0 Å². The first-order chi connectivity index (χ1) is 10.7. The molecule has 0 aromatic heterocycles. The van der Waals surface area contributed by atoms with E-state index in [-0.39, 0.29) is 11.3 Å². The first-order valence-electron chi connectivity index (χ1n) is 7.08. The van der Waals surface area contributed by atoms with Gasteiger partial charge in [-0.1, -0.05) is 24.3 Å². The van der Waals surface area contributed by atoms with Crippen molar-refractivity contribution < 1.29 is 23.9 Å². The second kappa shape index (κ2) is 7.58. The monoisotopic (exact) mass is 319 g/mol. The third kappa shape index (κ3) is 4.95. The molecule has 124 valence electrons. The molecule has 2 amide bonds. The normalized spacial score (nSPS) is 11.6. The van der Waals surface area contributed by atoms with Gasteiger partial charge in [-0.25, -0.2) is 14.5 Å². The van der Waals surface area contributed by atoms with Crippen LogP contribution in [0.15, 0.2) is 42.1 Å². The fraction of sp³-hybridized carbons (Fsp3) is 0.353. The van der Waals surface area contributed by atoms with Gasteiger partial charge in [0.2, 0.25) is 0 Å². The van der Waals surface area contributed by atoms with Crippen LogP contribution in [0.1, 0.15) is 38.1 Å². The number of amides is 2. The summed E-state index contributed by atoms with van der Waals surface area (Å²) < 4.78 is 9.88. The van der Waals surface area contributed by atoms with Crippen molar-refractivity contribution in [1.29, 1.82) is 0 Å². The number of benzene rings is 1. The molecule has 0 saturated heterocycles. The molecule has 0 aliphatic carbocycles. The lowest BCUT2D eigenvalue weighted by molar-refractivity contribution is -0.137. The highest BCUT2D eigenvalue weighted by Crippen LogP contribution is 2.18. The van der Waals surface area contributed by atoms with Crippen molar-refractivity contribution in [1.82, 2.24) is 4.90 Å². The maximum Gasteiger partial charge on any atom is 0.422 e. The topological polar surface area (TPSA) is 72.9 Å². The molecule has 0 N–H and O–H groups in total. The fourth-order valence-corrected chi connectivity index (χ4v) is 1.75. The van der Waals surface area contributed by atoms with Crippen molar-refractivity contribution in [3.8, 4) is 0 Å². The zero-order valence-electron chi connectivity index (χ0n) is 14.0. The zero-order valence-corrected chi connectivity index (χ0v) is 14.0. The minimum atomic E-state index is -0.940. The van der Waals surface area contributed by atoms with Crippen LogP contribution in [0.3, 0.4) is 0 Å². The third-order valence-corrected chi connectivity index (χ3v) is 2.71. The molecule has 0 heterocycles. The molecule has 0 aliphatic rings. The first-order valence-corrected chi connectivity index (χ1v) is 7.08. The lowest BCUT2D eigenvalue weighted by Gasteiger charge is -2.26. The van der Waals surface area contributed by atoms with Crippen molar-refractivity contribution in [3.05, 3.63) is 47.7 Å². The van der Waals surface area contributed by atoms with Crippen LogP contribution in [0.4, 0.5) is 4.79 Å². The van der Waals surface area contributed by atoms with E-state index in [1.54, 1.807) is 51.1 Å². The predicted octanol–water partition coefficient (Wildman–Crippen LogP) is 3.14. The summed E-state index contributed by atoms with van der Waals surface area (Å²) in [6.07, 6.45) is 0.390. The third-order valence-electron chi connectivity index (χ3n) is 2.71. The Kier molecular flexibility index (Phi) is 6.07. The molecule has 6 nitrogen and oxygen atoms in total. The van der Waals surface area contributed by atoms with E-state index in [4.69, 9.17) is 4.74 Å². The maximum atomic E-state index is 12.7. The van der Waals surface area contributed by atoms with E-state index in [9.17, 15) is 14.4 Å². The summed E-state index contributed by atoms with van der Waals surface area (Å²) in [4.78, 5) is 37.7. The van der Waals surface area contributed by atoms with Crippen LogP contribution >= 0.6 is 0 Å². The van der Waals surface area contributed by atoms with Crippen molar-refractivity contribution >= 4 is 18.0 Å². The van der Waals surface area contributed by atoms with Crippen molar-refractivity contribution in [2.75, 3.05) is 7.11 Å². The maximum absolute atomic E-state index is 12.7. The Hall–Kier alpha value is -2.63. The number of hydrogen-bond donors (Lipinski definition) is 0. The van der Waals surface area contributed by atoms with Crippen LogP contribution in [-0.2, 0) is 14.3 Å². The van der Waals surface area contributed by atoms with Crippen LogP contribution in [0.25, 0.3) is 0 Å². The van der Waals surface area contributed by atoms with Gasteiger partial charge in [0.05, 0.1) is 7.11 Å². The molecule has 23 heavy (non-hydrogen) atoms. The molecule has 1 rings (SSSR count). The molecule has 0 radical (unpaired) electrons. The van der Waals surface area contributed by atoms with Crippen LogP contribution in [-0.4, -0.2) is 35.6 Å². The summed E-state index contributed by atoms with van der Waals surface area (Å²) >= 11 is 0. The molecular formula is C17H21NO5. The van der Waals surface area contributed by atoms with Gasteiger partial charge in [0.25, 0.3) is 5.91 Å². The average Bonchev–Trinajstić information content (AvgIpc) is 2.50. The molecule has 0 atom stereocenters. The Morgan fingerprint density at radius 3 is 2.09 bits per heavy atom. The van der Waals surface area contributed by atoms with E-state index < -0.39 is 23.6 Å². The minimum absolute atomic E-state index is 0.199. The zero-order chi connectivity index (χ0) is 17.6. The summed E-state index contributed by atoms with van der Waals surface area (Å²) in [5.74, 6) is -1.47. The fourth-order valence-electron chi connectivity index (χ4n) is 1.75. The largest absolute Gasteiger partial charge is 0.464 e. The van der Waals surface area contributed by atoms with Gasteiger partial charge >= 0.3 is 12.1 Å². The highest BCUT2D eigenvalue weighted by molar-refractivity contribution is 6.09.